The van der Waals surface area contributed by atoms with Crippen LogP contribution < -0.4 is 5.32 Å². The van der Waals surface area contributed by atoms with Crippen molar-refractivity contribution in [3.63, 3.8) is 0 Å². The van der Waals surface area contributed by atoms with Gasteiger partial charge >= 0.3 is 0 Å². The summed E-state index contributed by atoms with van der Waals surface area (Å²) < 4.78 is 28.7. The van der Waals surface area contributed by atoms with Crippen LogP contribution in [0.15, 0.2) is 66.9 Å². The van der Waals surface area contributed by atoms with E-state index < -0.39 is 0 Å². The fraction of sp³-hybridized carbons (Fsp3) is 0.150. The molecule has 26 heavy (non-hydrogen) atoms. The van der Waals surface area contributed by atoms with Gasteiger partial charge in [-0.25, -0.2) is 8.78 Å². The first kappa shape index (κ1) is 16.7. The minimum Gasteiger partial charge on any atom is -0.348 e. The largest absolute Gasteiger partial charge is 0.348 e. The second-order valence-corrected chi connectivity index (χ2v) is 6.60. The Morgan fingerprint density at radius 1 is 0.923 bits per heavy atom. The summed E-state index contributed by atoms with van der Waals surface area (Å²) in [6, 6.07) is 16.5. The van der Waals surface area contributed by atoms with Gasteiger partial charge in [-0.1, -0.05) is 12.1 Å². The van der Waals surface area contributed by atoms with E-state index in [0.717, 1.165) is 30.0 Å². The number of fused-ring (bicyclic) bond motifs is 1. The fourth-order valence-electron chi connectivity index (χ4n) is 3.33. The molecule has 1 atom stereocenters. The van der Waals surface area contributed by atoms with Crippen molar-refractivity contribution in [2.75, 3.05) is 11.9 Å². The summed E-state index contributed by atoms with van der Waals surface area (Å²) in [5.41, 5.74) is 2.80. The zero-order valence-electron chi connectivity index (χ0n) is 13.9. The zero-order chi connectivity index (χ0) is 18.1. The maximum absolute atomic E-state index is 13.4. The van der Waals surface area contributed by atoms with Crippen molar-refractivity contribution in [2.24, 2.45) is 0 Å². The van der Waals surface area contributed by atoms with Gasteiger partial charge in [0.25, 0.3) is 0 Å². The van der Waals surface area contributed by atoms with Crippen LogP contribution in [0.1, 0.15) is 17.3 Å². The predicted molar refractivity (Wildman–Crippen MR) is 102 cm³/mol. The van der Waals surface area contributed by atoms with Gasteiger partial charge in [-0.15, -0.1) is 0 Å². The number of halogens is 2. The van der Waals surface area contributed by atoms with Gasteiger partial charge in [0, 0.05) is 30.7 Å². The summed E-state index contributed by atoms with van der Waals surface area (Å²) in [7, 11) is 0. The number of hydrogen-bond donors (Lipinski definition) is 1. The number of rotatable bonds is 2. The molecule has 3 nitrogen and oxygen atoms in total. The molecular weight excluding hydrogens is 352 g/mol. The van der Waals surface area contributed by atoms with Crippen LogP contribution in [0.5, 0.6) is 0 Å². The van der Waals surface area contributed by atoms with Gasteiger partial charge in [-0.2, -0.15) is 0 Å². The Morgan fingerprint density at radius 2 is 1.58 bits per heavy atom. The molecule has 0 spiro atoms. The fourth-order valence-corrected chi connectivity index (χ4v) is 3.64. The minimum absolute atomic E-state index is 0.111. The molecule has 0 saturated heterocycles. The Morgan fingerprint density at radius 3 is 2.27 bits per heavy atom. The lowest BCUT2D eigenvalue weighted by molar-refractivity contribution is 0.293. The van der Waals surface area contributed by atoms with Crippen molar-refractivity contribution in [1.82, 2.24) is 9.47 Å². The minimum atomic E-state index is -0.290. The first-order chi connectivity index (χ1) is 12.6. The van der Waals surface area contributed by atoms with Gasteiger partial charge in [0.2, 0.25) is 0 Å². The Hall–Kier alpha value is -2.73. The molecule has 1 aliphatic heterocycles. The van der Waals surface area contributed by atoms with E-state index in [1.54, 1.807) is 24.3 Å². The van der Waals surface area contributed by atoms with Crippen LogP contribution in [-0.4, -0.2) is 21.1 Å². The second-order valence-electron chi connectivity index (χ2n) is 6.21. The maximum Gasteiger partial charge on any atom is 0.174 e. The molecule has 0 bridgehead atoms. The van der Waals surface area contributed by atoms with E-state index in [-0.39, 0.29) is 17.7 Å². The third-order valence-electron chi connectivity index (χ3n) is 4.58. The number of thiocarbonyl (C=S) groups is 1. The molecular formula is C20H17F2N3S. The molecule has 0 amide bonds. The average Bonchev–Trinajstić information content (AvgIpc) is 3.12. The molecule has 1 N–H and O–H groups in total. The van der Waals surface area contributed by atoms with Gasteiger partial charge in [-0.3, -0.25) is 0 Å². The van der Waals surface area contributed by atoms with Gasteiger partial charge in [-0.05, 0) is 66.3 Å². The molecule has 4 rings (SSSR count). The van der Waals surface area contributed by atoms with Crippen molar-refractivity contribution in [3.05, 3.63) is 89.8 Å². The first-order valence-corrected chi connectivity index (χ1v) is 8.76. The number of anilines is 1. The Kier molecular flexibility index (Phi) is 4.42. The lowest BCUT2D eigenvalue weighted by Gasteiger charge is -2.39. The molecule has 0 fully saturated rings. The molecule has 0 aliphatic carbocycles. The van der Waals surface area contributed by atoms with Crippen LogP contribution in [0.25, 0.3) is 0 Å². The van der Waals surface area contributed by atoms with Crippen LogP contribution in [0.2, 0.25) is 0 Å². The van der Waals surface area contributed by atoms with Crippen LogP contribution in [0.4, 0.5) is 14.5 Å². The SMILES string of the molecule is Fc1ccc(NC(=S)N2CCn3cccc3[C@H]2c2ccc(F)cc2)cc1. The van der Waals surface area contributed by atoms with Crippen LogP contribution in [0.3, 0.4) is 0 Å². The third kappa shape index (κ3) is 3.20. The zero-order valence-corrected chi connectivity index (χ0v) is 14.7. The Labute approximate surface area is 155 Å². The van der Waals surface area contributed by atoms with E-state index in [1.807, 2.05) is 12.3 Å². The first-order valence-electron chi connectivity index (χ1n) is 8.35. The highest BCUT2D eigenvalue weighted by Crippen LogP contribution is 2.33. The van der Waals surface area contributed by atoms with E-state index in [2.05, 4.69) is 20.9 Å². The normalized spacial score (nSPS) is 16.2. The maximum atomic E-state index is 13.4. The van der Waals surface area contributed by atoms with E-state index >= 15 is 0 Å². The number of nitrogens with zero attached hydrogens (tertiary/aromatic N) is 2. The number of hydrogen-bond acceptors (Lipinski definition) is 1. The highest BCUT2D eigenvalue weighted by atomic mass is 32.1. The number of nitrogens with one attached hydrogen (secondary N) is 1. The molecule has 3 aromatic rings. The molecule has 2 heterocycles. The number of benzene rings is 2. The lowest BCUT2D eigenvalue weighted by Crippen LogP contribution is -2.44. The van der Waals surface area contributed by atoms with Gasteiger partial charge in [0.05, 0.1) is 6.04 Å². The molecule has 2 aromatic carbocycles. The lowest BCUT2D eigenvalue weighted by atomic mass is 10.0. The smallest absolute Gasteiger partial charge is 0.174 e. The van der Waals surface area contributed by atoms with Gasteiger partial charge in [0.15, 0.2) is 5.11 Å². The second kappa shape index (κ2) is 6.88. The molecule has 0 saturated carbocycles. The molecule has 1 aromatic heterocycles. The van der Waals surface area contributed by atoms with E-state index in [9.17, 15) is 8.78 Å². The predicted octanol–water partition coefficient (Wildman–Crippen LogP) is 4.57. The molecule has 6 heteroatoms. The van der Waals surface area contributed by atoms with E-state index in [1.165, 1.54) is 24.3 Å². The molecule has 132 valence electrons. The van der Waals surface area contributed by atoms with Gasteiger partial charge < -0.3 is 14.8 Å². The summed E-state index contributed by atoms with van der Waals surface area (Å²) in [4.78, 5) is 2.08. The number of aromatic nitrogens is 1. The van der Waals surface area contributed by atoms with Crippen molar-refractivity contribution in [3.8, 4) is 0 Å². The van der Waals surface area contributed by atoms with E-state index in [0.29, 0.717) is 5.11 Å². The quantitative estimate of drug-likeness (QED) is 0.669. The third-order valence-corrected chi connectivity index (χ3v) is 4.92. The van der Waals surface area contributed by atoms with Gasteiger partial charge in [0.1, 0.15) is 11.6 Å². The summed E-state index contributed by atoms with van der Waals surface area (Å²) in [5.74, 6) is -0.556. The van der Waals surface area contributed by atoms with Crippen LogP contribution in [0, 0.1) is 11.6 Å². The van der Waals surface area contributed by atoms with Crippen LogP contribution >= 0.6 is 12.2 Å². The summed E-state index contributed by atoms with van der Waals surface area (Å²) in [6.07, 6.45) is 2.04. The van der Waals surface area contributed by atoms with Crippen molar-refractivity contribution >= 4 is 23.0 Å². The monoisotopic (exact) mass is 369 g/mol. The molecule has 0 unspecified atom stereocenters. The summed E-state index contributed by atoms with van der Waals surface area (Å²) in [6.45, 7) is 1.53. The highest BCUT2D eigenvalue weighted by Gasteiger charge is 2.30. The Balaban J connectivity index is 1.66. The Bertz CT molecular complexity index is 919. The standard InChI is InChI=1S/C20H17F2N3S/c21-15-5-3-14(4-6-15)19-18-2-1-11-24(18)12-13-25(19)20(26)23-17-9-7-16(22)8-10-17/h1-11,19H,12-13H2,(H,23,26)/t19-/m1/s1. The topological polar surface area (TPSA) is 20.2 Å². The summed E-state index contributed by atoms with van der Waals surface area (Å²) in [5, 5.41) is 3.73. The molecule has 1 aliphatic rings. The van der Waals surface area contributed by atoms with Crippen molar-refractivity contribution in [2.45, 2.75) is 12.6 Å². The van der Waals surface area contributed by atoms with Crippen molar-refractivity contribution in [1.29, 1.82) is 0 Å². The van der Waals surface area contributed by atoms with E-state index in [4.69, 9.17) is 12.2 Å². The molecule has 0 radical (unpaired) electrons. The highest BCUT2D eigenvalue weighted by molar-refractivity contribution is 7.80. The van der Waals surface area contributed by atoms with Crippen molar-refractivity contribution < 1.29 is 8.78 Å². The summed E-state index contributed by atoms with van der Waals surface area (Å²) >= 11 is 5.63. The van der Waals surface area contributed by atoms with Crippen LogP contribution in [-0.2, 0) is 6.54 Å². The average molecular weight is 369 g/mol.